The molecule has 0 unspecified atom stereocenters. The SMILES string of the molecule is Cc1c(SCc2ccc3ccccc3c2)n(C)c(=O)n(Cc2ccccc2)c1=O. The smallest absolute Gasteiger partial charge is 0.291 e. The molecular weight excluding hydrogens is 380 g/mol. The van der Waals surface area contributed by atoms with Crippen LogP contribution >= 0.6 is 11.8 Å². The number of benzene rings is 3. The summed E-state index contributed by atoms with van der Waals surface area (Å²) >= 11 is 1.53. The highest BCUT2D eigenvalue weighted by molar-refractivity contribution is 7.98. The van der Waals surface area contributed by atoms with E-state index in [9.17, 15) is 9.59 Å². The van der Waals surface area contributed by atoms with Gasteiger partial charge in [-0.1, -0.05) is 72.8 Å². The fourth-order valence-electron chi connectivity index (χ4n) is 3.49. The molecule has 4 nitrogen and oxygen atoms in total. The predicted octanol–water partition coefficient (Wildman–Crippen LogP) is 4.35. The van der Waals surface area contributed by atoms with E-state index < -0.39 is 0 Å². The highest BCUT2D eigenvalue weighted by atomic mass is 32.2. The van der Waals surface area contributed by atoms with Crippen LogP contribution in [0.25, 0.3) is 10.8 Å². The Morgan fingerprint density at radius 1 is 0.828 bits per heavy atom. The van der Waals surface area contributed by atoms with E-state index in [2.05, 4.69) is 30.3 Å². The molecule has 3 aromatic carbocycles. The van der Waals surface area contributed by atoms with E-state index in [1.165, 1.54) is 27.1 Å². The summed E-state index contributed by atoms with van der Waals surface area (Å²) in [6.07, 6.45) is 0. The minimum atomic E-state index is -0.287. The van der Waals surface area contributed by atoms with Crippen molar-refractivity contribution in [1.29, 1.82) is 0 Å². The molecule has 146 valence electrons. The normalized spacial score (nSPS) is 11.1. The molecule has 29 heavy (non-hydrogen) atoms. The average Bonchev–Trinajstić information content (AvgIpc) is 2.76. The summed E-state index contributed by atoms with van der Waals surface area (Å²) in [4.78, 5) is 25.8. The maximum absolute atomic E-state index is 12.9. The van der Waals surface area contributed by atoms with Crippen molar-refractivity contribution in [1.82, 2.24) is 9.13 Å². The van der Waals surface area contributed by atoms with Gasteiger partial charge in [0.05, 0.1) is 11.6 Å². The number of rotatable bonds is 5. The lowest BCUT2D eigenvalue weighted by Gasteiger charge is -2.15. The third-order valence-electron chi connectivity index (χ3n) is 5.08. The first-order valence-electron chi connectivity index (χ1n) is 9.49. The Kier molecular flexibility index (Phi) is 5.41. The number of aromatic nitrogens is 2. The first-order chi connectivity index (χ1) is 14.0. The third-order valence-corrected chi connectivity index (χ3v) is 6.41. The van der Waals surface area contributed by atoms with Gasteiger partial charge in [-0.2, -0.15) is 0 Å². The van der Waals surface area contributed by atoms with E-state index in [1.54, 1.807) is 18.5 Å². The zero-order valence-electron chi connectivity index (χ0n) is 16.5. The molecule has 0 atom stereocenters. The summed E-state index contributed by atoms with van der Waals surface area (Å²) in [5.41, 5.74) is 2.19. The fourth-order valence-corrected chi connectivity index (χ4v) is 4.55. The van der Waals surface area contributed by atoms with Crippen molar-refractivity contribution in [2.75, 3.05) is 0 Å². The van der Waals surface area contributed by atoms with E-state index >= 15 is 0 Å². The second-order valence-corrected chi connectivity index (χ2v) is 8.08. The van der Waals surface area contributed by atoms with E-state index in [1.807, 2.05) is 42.5 Å². The fraction of sp³-hybridized carbons (Fsp3) is 0.167. The van der Waals surface area contributed by atoms with Gasteiger partial charge in [-0.05, 0) is 28.8 Å². The minimum absolute atomic E-state index is 0.224. The number of thioether (sulfide) groups is 1. The Hall–Kier alpha value is -3.05. The van der Waals surface area contributed by atoms with Crippen LogP contribution in [0.15, 0.2) is 87.4 Å². The van der Waals surface area contributed by atoms with Crippen LogP contribution in [0, 0.1) is 6.92 Å². The van der Waals surface area contributed by atoms with Crippen LogP contribution in [0.3, 0.4) is 0 Å². The Morgan fingerprint density at radius 2 is 1.52 bits per heavy atom. The molecule has 4 rings (SSSR count). The van der Waals surface area contributed by atoms with E-state index in [0.717, 1.165) is 16.2 Å². The first kappa shape index (κ1) is 19.3. The van der Waals surface area contributed by atoms with Gasteiger partial charge in [0.1, 0.15) is 0 Å². The Balaban J connectivity index is 1.63. The third kappa shape index (κ3) is 3.91. The van der Waals surface area contributed by atoms with Gasteiger partial charge >= 0.3 is 5.69 Å². The van der Waals surface area contributed by atoms with Gasteiger partial charge in [0.15, 0.2) is 0 Å². The van der Waals surface area contributed by atoms with E-state index in [0.29, 0.717) is 11.3 Å². The molecule has 0 amide bonds. The molecule has 4 aromatic rings. The molecule has 0 bridgehead atoms. The molecule has 0 spiro atoms. The quantitative estimate of drug-likeness (QED) is 0.368. The summed E-state index contributed by atoms with van der Waals surface area (Å²) in [5.74, 6) is 0.696. The van der Waals surface area contributed by atoms with Crippen molar-refractivity contribution in [2.24, 2.45) is 7.05 Å². The molecule has 0 aliphatic carbocycles. The van der Waals surface area contributed by atoms with Gasteiger partial charge in [0.25, 0.3) is 5.56 Å². The van der Waals surface area contributed by atoms with Gasteiger partial charge in [-0.25, -0.2) is 4.79 Å². The molecular formula is C24H22N2O2S. The monoisotopic (exact) mass is 402 g/mol. The zero-order valence-corrected chi connectivity index (χ0v) is 17.3. The summed E-state index contributed by atoms with van der Waals surface area (Å²) in [7, 11) is 1.74. The highest BCUT2D eigenvalue weighted by Gasteiger charge is 2.15. The van der Waals surface area contributed by atoms with Crippen LogP contribution in [0.4, 0.5) is 0 Å². The first-order valence-corrected chi connectivity index (χ1v) is 10.5. The molecule has 1 heterocycles. The van der Waals surface area contributed by atoms with Crippen molar-refractivity contribution < 1.29 is 0 Å². The molecule has 0 aliphatic heterocycles. The maximum Gasteiger partial charge on any atom is 0.331 e. The summed E-state index contributed by atoms with van der Waals surface area (Å²) < 4.78 is 2.90. The lowest BCUT2D eigenvalue weighted by Crippen LogP contribution is -2.41. The van der Waals surface area contributed by atoms with Gasteiger partial charge < -0.3 is 0 Å². The average molecular weight is 403 g/mol. The highest BCUT2D eigenvalue weighted by Crippen LogP contribution is 2.25. The van der Waals surface area contributed by atoms with Crippen molar-refractivity contribution in [3.63, 3.8) is 0 Å². The Morgan fingerprint density at radius 3 is 2.28 bits per heavy atom. The molecule has 0 aliphatic rings. The lowest BCUT2D eigenvalue weighted by atomic mass is 10.1. The standard InChI is InChI=1S/C24H22N2O2S/c1-17-22(27)26(15-18-8-4-3-5-9-18)24(28)25(2)23(17)29-16-19-12-13-20-10-6-7-11-21(20)14-19/h3-14H,15-16H2,1-2H3. The summed E-state index contributed by atoms with van der Waals surface area (Å²) in [6, 6.07) is 24.2. The summed E-state index contributed by atoms with van der Waals surface area (Å²) in [6.45, 7) is 2.08. The minimum Gasteiger partial charge on any atom is -0.291 e. The van der Waals surface area contributed by atoms with Gasteiger partial charge in [0, 0.05) is 18.4 Å². The molecule has 5 heteroatoms. The van der Waals surface area contributed by atoms with Gasteiger partial charge in [-0.15, -0.1) is 11.8 Å². The largest absolute Gasteiger partial charge is 0.331 e. The molecule has 0 saturated heterocycles. The van der Waals surface area contributed by atoms with Crippen molar-refractivity contribution in [3.8, 4) is 0 Å². The number of hydrogen-bond donors (Lipinski definition) is 0. The molecule has 0 radical (unpaired) electrons. The zero-order chi connectivity index (χ0) is 20.4. The topological polar surface area (TPSA) is 44.0 Å². The van der Waals surface area contributed by atoms with Crippen LogP contribution < -0.4 is 11.2 Å². The van der Waals surface area contributed by atoms with Crippen molar-refractivity contribution >= 4 is 22.5 Å². The van der Waals surface area contributed by atoms with Crippen LogP contribution in [-0.2, 0) is 19.3 Å². The number of hydrogen-bond acceptors (Lipinski definition) is 3. The summed E-state index contributed by atoms with van der Waals surface area (Å²) in [5, 5.41) is 3.11. The van der Waals surface area contributed by atoms with Crippen molar-refractivity contribution in [2.45, 2.75) is 24.2 Å². The molecule has 0 fully saturated rings. The van der Waals surface area contributed by atoms with Crippen LogP contribution in [0.2, 0.25) is 0 Å². The molecule has 0 N–H and O–H groups in total. The van der Waals surface area contributed by atoms with Gasteiger partial charge in [-0.3, -0.25) is 13.9 Å². The Bertz CT molecular complexity index is 1250. The van der Waals surface area contributed by atoms with E-state index in [4.69, 9.17) is 0 Å². The maximum atomic E-state index is 12.9. The molecule has 0 saturated carbocycles. The van der Waals surface area contributed by atoms with E-state index in [-0.39, 0.29) is 17.8 Å². The number of fused-ring (bicyclic) bond motifs is 1. The van der Waals surface area contributed by atoms with Crippen LogP contribution in [0.1, 0.15) is 16.7 Å². The van der Waals surface area contributed by atoms with Crippen molar-refractivity contribution in [3.05, 3.63) is 110 Å². The second kappa shape index (κ2) is 8.13. The van der Waals surface area contributed by atoms with Gasteiger partial charge in [0.2, 0.25) is 0 Å². The number of nitrogens with zero attached hydrogens (tertiary/aromatic N) is 2. The van der Waals surface area contributed by atoms with Crippen LogP contribution in [0.5, 0.6) is 0 Å². The van der Waals surface area contributed by atoms with Crippen LogP contribution in [-0.4, -0.2) is 9.13 Å². The second-order valence-electron chi connectivity index (χ2n) is 7.12. The molecule has 1 aromatic heterocycles. The Labute approximate surface area is 173 Å². The lowest BCUT2D eigenvalue weighted by molar-refractivity contribution is 0.592. The predicted molar refractivity (Wildman–Crippen MR) is 120 cm³/mol.